The minimum absolute atomic E-state index is 0.0168. The van der Waals surface area contributed by atoms with Gasteiger partial charge in [0.25, 0.3) is 0 Å². The first-order valence-corrected chi connectivity index (χ1v) is 29.1. The van der Waals surface area contributed by atoms with Gasteiger partial charge in [0, 0.05) is 62.4 Å². The topological polar surface area (TPSA) is 319 Å². The van der Waals surface area contributed by atoms with E-state index in [1.807, 2.05) is 27.7 Å². The minimum Gasteiger partial charge on any atom is -0.392 e. The molecule has 0 aliphatic heterocycles. The molecule has 0 bridgehead atoms. The average molecular weight is 1160 g/mol. The van der Waals surface area contributed by atoms with E-state index in [2.05, 4.69) is 5.32 Å². The Bertz CT molecular complexity index is 2010. The lowest BCUT2D eigenvalue weighted by Crippen LogP contribution is -2.56. The Morgan fingerprint density at radius 3 is 0.765 bits per heavy atom. The molecular formula is C56H105N11O14. The van der Waals surface area contributed by atoms with Crippen LogP contribution in [0.4, 0.5) is 0 Å². The Morgan fingerprint density at radius 1 is 0.321 bits per heavy atom. The fraction of sp³-hybridized carbons (Fsp3) is 0.821. The predicted molar refractivity (Wildman–Crippen MR) is 307 cm³/mol. The zero-order valence-corrected chi connectivity index (χ0v) is 51.9. The van der Waals surface area contributed by atoms with E-state index in [1.54, 1.807) is 55.4 Å². The zero-order valence-electron chi connectivity index (χ0n) is 51.9. The van der Waals surface area contributed by atoms with Gasteiger partial charge in [0.1, 0.15) is 26.2 Å². The Hall–Kier alpha value is -5.50. The SMILES string of the molecule is CC[C@H](C)NCC(=O)N(CC(=O)N(CC(=O)N(CC(=O)N(CC(=O)N(CC(=O)N(CC(=O)N(CC(=O)N(CC(=O)N(CC(N)=O)[C@@H](C)CC)[C@@H](C)CC)C[C@@H](C)O)C[C@H](C)O)[C@@H](C)CC)[C@@H](C)CC)C[C@@H](C)O)C[C@H](C)O)[C@@H](C)CC. The van der Waals surface area contributed by atoms with Crippen molar-refractivity contribution in [3.8, 4) is 0 Å². The molecule has 0 aliphatic rings. The number of aliphatic hydroxyl groups excluding tert-OH is 4. The van der Waals surface area contributed by atoms with Crippen molar-refractivity contribution in [2.45, 2.75) is 210 Å². The summed E-state index contributed by atoms with van der Waals surface area (Å²) in [7, 11) is 0. The van der Waals surface area contributed by atoms with E-state index in [4.69, 9.17) is 5.73 Å². The van der Waals surface area contributed by atoms with E-state index in [0.717, 1.165) is 26.0 Å². The van der Waals surface area contributed by atoms with Gasteiger partial charge in [-0.3, -0.25) is 47.9 Å². The molecule has 0 aromatic rings. The molecule has 0 aromatic heterocycles. The first-order valence-electron chi connectivity index (χ1n) is 29.1. The normalized spacial score (nSPS) is 15.0. The van der Waals surface area contributed by atoms with Crippen molar-refractivity contribution in [3.05, 3.63) is 0 Å². The molecule has 10 amide bonds. The quantitative estimate of drug-likeness (QED) is 0.0464. The van der Waals surface area contributed by atoms with Crippen LogP contribution in [0.5, 0.6) is 0 Å². The van der Waals surface area contributed by atoms with Gasteiger partial charge in [-0.25, -0.2) is 0 Å². The van der Waals surface area contributed by atoms with Gasteiger partial charge in [-0.1, -0.05) is 41.5 Å². The van der Waals surface area contributed by atoms with E-state index < -0.39 is 142 Å². The van der Waals surface area contributed by atoms with Crippen molar-refractivity contribution >= 4 is 59.1 Å². The second-order valence-corrected chi connectivity index (χ2v) is 22.0. The van der Waals surface area contributed by atoms with Crippen molar-refractivity contribution in [2.75, 3.05) is 91.6 Å². The maximum absolute atomic E-state index is 14.5. The predicted octanol–water partition coefficient (Wildman–Crippen LogP) is -0.167. The summed E-state index contributed by atoms with van der Waals surface area (Å²) in [6, 6.07) is -2.37. The number of hydrogen-bond acceptors (Lipinski definition) is 15. The lowest BCUT2D eigenvalue weighted by molar-refractivity contribution is -0.152. The molecule has 0 aliphatic carbocycles. The number of nitrogens with two attached hydrogens (primary N) is 1. The van der Waals surface area contributed by atoms with E-state index >= 15 is 0 Å². The number of nitrogens with one attached hydrogen (secondary N) is 1. The molecule has 0 saturated heterocycles. The van der Waals surface area contributed by atoms with Crippen LogP contribution in [0, 0.1) is 0 Å². The summed E-state index contributed by atoms with van der Waals surface area (Å²) in [6.07, 6.45) is -1.60. The highest BCUT2D eigenvalue weighted by molar-refractivity contribution is 5.94. The molecule has 0 heterocycles. The first-order chi connectivity index (χ1) is 37.7. The molecule has 0 spiro atoms. The standard InChI is InChI=1S/C56H105N11O14/c1-17-37(7)58-23-48(73)64(39(9)19-3)33-51(76)59(24-43(13)68)29-49(74)62(27-46(16)71)32-54(79)67(42(12)22-6)36-56(81)65(40(10)20-4)34-52(77)60(25-44(14)69)30-50(75)61(26-45(15)70)31-53(78)66(41(11)21-5)35-55(80)63(28-47(57)72)38(8)18-2/h37-46,58,68-71H,17-36H2,1-16H3,(H2,57,72)/t37-,38-,39-,40-,41-,42-,43-,44-,45+,46+/m0/s1. The van der Waals surface area contributed by atoms with Crippen LogP contribution in [-0.2, 0) is 47.9 Å². The average Bonchev–Trinajstić information content (AvgIpc) is 3.39. The van der Waals surface area contributed by atoms with Crippen LogP contribution in [0.3, 0.4) is 0 Å². The van der Waals surface area contributed by atoms with Crippen molar-refractivity contribution in [1.82, 2.24) is 49.4 Å². The van der Waals surface area contributed by atoms with Gasteiger partial charge in [0.2, 0.25) is 59.1 Å². The number of carbonyl (C=O) groups is 10. The first kappa shape index (κ1) is 75.5. The molecule has 7 N–H and O–H groups in total. The van der Waals surface area contributed by atoms with Crippen LogP contribution in [0.15, 0.2) is 0 Å². The molecule has 0 radical (unpaired) electrons. The molecule has 0 saturated carbocycles. The highest BCUT2D eigenvalue weighted by Crippen LogP contribution is 2.15. The summed E-state index contributed by atoms with van der Waals surface area (Å²) in [4.78, 5) is 149. The second-order valence-electron chi connectivity index (χ2n) is 22.0. The Labute approximate surface area is 482 Å². The lowest BCUT2D eigenvalue weighted by atomic mass is 10.1. The smallest absolute Gasteiger partial charge is 0.242 e. The molecule has 10 atom stereocenters. The second kappa shape index (κ2) is 38.3. The van der Waals surface area contributed by atoms with Gasteiger partial charge in [-0.2, -0.15) is 0 Å². The van der Waals surface area contributed by atoms with Crippen molar-refractivity contribution in [3.63, 3.8) is 0 Å². The number of carbonyl (C=O) groups excluding carboxylic acids is 10. The molecule has 0 unspecified atom stereocenters. The third-order valence-corrected chi connectivity index (χ3v) is 14.6. The monoisotopic (exact) mass is 1160 g/mol. The van der Waals surface area contributed by atoms with Gasteiger partial charge in [-0.15, -0.1) is 0 Å². The number of primary amides is 1. The van der Waals surface area contributed by atoms with Crippen LogP contribution >= 0.6 is 0 Å². The van der Waals surface area contributed by atoms with Crippen LogP contribution in [0.1, 0.15) is 149 Å². The molecule has 81 heavy (non-hydrogen) atoms. The Morgan fingerprint density at radius 2 is 0.531 bits per heavy atom. The Balaban J connectivity index is 6.88. The highest BCUT2D eigenvalue weighted by Gasteiger charge is 2.35. The Kier molecular flexibility index (Phi) is 35.7. The highest BCUT2D eigenvalue weighted by atomic mass is 16.3. The minimum atomic E-state index is -1.17. The summed E-state index contributed by atoms with van der Waals surface area (Å²) in [5.41, 5.74) is 5.44. The number of rotatable bonds is 40. The number of amides is 10. The van der Waals surface area contributed by atoms with E-state index in [0.29, 0.717) is 32.1 Å². The summed E-state index contributed by atoms with van der Waals surface area (Å²) in [6.45, 7) is 21.0. The molecule has 0 aromatic carbocycles. The molecule has 0 rings (SSSR count). The number of nitrogens with zero attached hydrogens (tertiary/aromatic N) is 9. The van der Waals surface area contributed by atoms with Crippen molar-refractivity contribution in [1.29, 1.82) is 0 Å². The van der Waals surface area contributed by atoms with E-state index in [-0.39, 0.29) is 69.8 Å². The van der Waals surface area contributed by atoms with E-state index in [9.17, 15) is 68.4 Å². The maximum atomic E-state index is 14.5. The molecule has 25 nitrogen and oxygen atoms in total. The van der Waals surface area contributed by atoms with Gasteiger partial charge in [0.15, 0.2) is 0 Å². The van der Waals surface area contributed by atoms with Crippen molar-refractivity contribution < 1.29 is 68.4 Å². The molecular weight excluding hydrogens is 1050 g/mol. The molecule has 468 valence electrons. The van der Waals surface area contributed by atoms with E-state index in [1.165, 1.54) is 52.2 Å². The fourth-order valence-electron chi connectivity index (χ4n) is 8.52. The molecule has 0 fully saturated rings. The number of aliphatic hydroxyl groups is 4. The van der Waals surface area contributed by atoms with Crippen LogP contribution < -0.4 is 11.1 Å². The third kappa shape index (κ3) is 27.4. The van der Waals surface area contributed by atoms with Crippen LogP contribution in [-0.4, -0.2) is 276 Å². The van der Waals surface area contributed by atoms with Gasteiger partial charge < -0.3 is 75.6 Å². The van der Waals surface area contributed by atoms with Gasteiger partial charge in [0.05, 0.1) is 63.7 Å². The fourth-order valence-corrected chi connectivity index (χ4v) is 8.52. The largest absolute Gasteiger partial charge is 0.392 e. The van der Waals surface area contributed by atoms with Crippen LogP contribution in [0.25, 0.3) is 0 Å². The van der Waals surface area contributed by atoms with Crippen molar-refractivity contribution in [2.24, 2.45) is 5.73 Å². The molecule has 25 heteroatoms. The number of hydrogen-bond donors (Lipinski definition) is 6. The maximum Gasteiger partial charge on any atom is 0.242 e. The van der Waals surface area contributed by atoms with Gasteiger partial charge in [-0.05, 0) is 108 Å². The summed E-state index contributed by atoms with van der Waals surface area (Å²) in [5, 5.41) is 45.2. The van der Waals surface area contributed by atoms with Gasteiger partial charge >= 0.3 is 0 Å². The van der Waals surface area contributed by atoms with Crippen LogP contribution in [0.2, 0.25) is 0 Å². The third-order valence-electron chi connectivity index (χ3n) is 14.6. The zero-order chi connectivity index (χ0) is 62.6. The summed E-state index contributed by atoms with van der Waals surface area (Å²) >= 11 is 0. The lowest BCUT2D eigenvalue weighted by Gasteiger charge is -2.36. The summed E-state index contributed by atoms with van der Waals surface area (Å²) in [5.74, 6) is -6.53. The summed E-state index contributed by atoms with van der Waals surface area (Å²) < 4.78 is 0.